The number of nitrogens with zero attached hydrogens (tertiary/aromatic N) is 2. The number of benzene rings is 1. The van der Waals surface area contributed by atoms with Crippen LogP contribution in [0.4, 0.5) is 5.69 Å². The minimum absolute atomic E-state index is 0.226. The maximum absolute atomic E-state index is 11.9. The lowest BCUT2D eigenvalue weighted by atomic mass is 9.89. The summed E-state index contributed by atoms with van der Waals surface area (Å²) in [6.45, 7) is 0. The van der Waals surface area contributed by atoms with Crippen molar-refractivity contribution in [1.29, 1.82) is 0 Å². The molecule has 3 N–H and O–H groups in total. The first-order valence-corrected chi connectivity index (χ1v) is 5.98. The predicted octanol–water partition coefficient (Wildman–Crippen LogP) is 0.732. The van der Waals surface area contributed by atoms with Crippen LogP contribution in [0.5, 0.6) is 0 Å². The highest BCUT2D eigenvalue weighted by atomic mass is 16.2. The molecule has 96 valence electrons. The monoisotopic (exact) mass is 256 g/mol. The molecule has 0 aliphatic carbocycles. The van der Waals surface area contributed by atoms with Gasteiger partial charge in [-0.2, -0.15) is 0 Å². The highest BCUT2D eigenvalue weighted by Crippen LogP contribution is 2.31. The second kappa shape index (κ2) is 4.31. The fourth-order valence-corrected chi connectivity index (χ4v) is 2.39. The van der Waals surface area contributed by atoms with Crippen molar-refractivity contribution < 1.29 is 9.59 Å². The van der Waals surface area contributed by atoms with Gasteiger partial charge in [-0.15, -0.1) is 0 Å². The molecule has 1 fully saturated rings. The molecule has 2 heterocycles. The first kappa shape index (κ1) is 11.6. The number of amides is 2. The van der Waals surface area contributed by atoms with Gasteiger partial charge in [0.1, 0.15) is 6.33 Å². The Hall–Kier alpha value is -2.50. The number of rotatable bonds is 1. The average Bonchev–Trinajstić information content (AvgIpc) is 2.41. The SMILES string of the molecule is Nc1ccc(C2CCC(=O)NC2=O)c2ncncc12. The van der Waals surface area contributed by atoms with E-state index in [1.165, 1.54) is 6.33 Å². The summed E-state index contributed by atoms with van der Waals surface area (Å²) in [5.74, 6) is -0.868. The number of nitrogens with two attached hydrogens (primary N) is 1. The Morgan fingerprint density at radius 1 is 1.32 bits per heavy atom. The molecule has 1 aliphatic heterocycles. The van der Waals surface area contributed by atoms with Crippen LogP contribution in [0.2, 0.25) is 0 Å². The summed E-state index contributed by atoms with van der Waals surface area (Å²) in [5, 5.41) is 3.08. The molecule has 1 unspecified atom stereocenters. The first-order chi connectivity index (χ1) is 9.16. The number of hydrogen-bond donors (Lipinski definition) is 2. The highest BCUT2D eigenvalue weighted by Gasteiger charge is 2.29. The molecule has 2 amide bonds. The molecule has 1 aromatic heterocycles. The van der Waals surface area contributed by atoms with E-state index < -0.39 is 0 Å². The Morgan fingerprint density at radius 3 is 2.95 bits per heavy atom. The van der Waals surface area contributed by atoms with Crippen molar-refractivity contribution in [3.05, 3.63) is 30.2 Å². The largest absolute Gasteiger partial charge is 0.398 e. The molecule has 0 saturated carbocycles. The van der Waals surface area contributed by atoms with Crippen LogP contribution < -0.4 is 11.1 Å². The zero-order valence-electron chi connectivity index (χ0n) is 10.1. The number of carbonyl (C=O) groups excluding carboxylic acids is 2. The fourth-order valence-electron chi connectivity index (χ4n) is 2.39. The lowest BCUT2D eigenvalue weighted by Gasteiger charge is -2.22. The van der Waals surface area contributed by atoms with Gasteiger partial charge in [0, 0.05) is 23.7 Å². The lowest BCUT2D eigenvalue weighted by Crippen LogP contribution is -2.39. The lowest BCUT2D eigenvalue weighted by molar-refractivity contribution is -0.134. The summed E-state index contributed by atoms with van der Waals surface area (Å²) in [5.41, 5.74) is 7.91. The molecule has 0 spiro atoms. The molecule has 2 aromatic rings. The van der Waals surface area contributed by atoms with Gasteiger partial charge in [-0.1, -0.05) is 6.07 Å². The van der Waals surface area contributed by atoms with Gasteiger partial charge in [-0.05, 0) is 18.1 Å². The van der Waals surface area contributed by atoms with Crippen molar-refractivity contribution in [2.45, 2.75) is 18.8 Å². The molecule has 0 bridgehead atoms. The number of fused-ring (bicyclic) bond motifs is 1. The van der Waals surface area contributed by atoms with Crippen molar-refractivity contribution in [3.63, 3.8) is 0 Å². The minimum Gasteiger partial charge on any atom is -0.398 e. The second-order valence-electron chi connectivity index (χ2n) is 4.53. The van der Waals surface area contributed by atoms with E-state index in [0.717, 1.165) is 10.9 Å². The fraction of sp³-hybridized carbons (Fsp3) is 0.231. The molecule has 1 atom stereocenters. The number of nitrogens with one attached hydrogen (secondary N) is 1. The Labute approximate surface area is 109 Å². The third-order valence-corrected chi connectivity index (χ3v) is 3.35. The van der Waals surface area contributed by atoms with Gasteiger partial charge in [0.25, 0.3) is 0 Å². The molecule has 6 nitrogen and oxygen atoms in total. The summed E-state index contributed by atoms with van der Waals surface area (Å²) < 4.78 is 0. The Kier molecular flexibility index (Phi) is 2.63. The van der Waals surface area contributed by atoms with Crippen LogP contribution in [0.1, 0.15) is 24.3 Å². The van der Waals surface area contributed by atoms with Gasteiger partial charge in [0.05, 0.1) is 11.4 Å². The summed E-state index contributed by atoms with van der Waals surface area (Å²) in [7, 11) is 0. The number of hydrogen-bond acceptors (Lipinski definition) is 5. The summed E-state index contributed by atoms with van der Waals surface area (Å²) in [6.07, 6.45) is 3.89. The van der Waals surface area contributed by atoms with Crippen molar-refractivity contribution in [2.24, 2.45) is 0 Å². The number of nitrogen functional groups attached to an aromatic ring is 1. The topological polar surface area (TPSA) is 98.0 Å². The first-order valence-electron chi connectivity index (χ1n) is 5.98. The van der Waals surface area contributed by atoms with E-state index in [0.29, 0.717) is 24.0 Å². The normalized spacial score (nSPS) is 19.5. The van der Waals surface area contributed by atoms with Crippen molar-refractivity contribution in [2.75, 3.05) is 5.73 Å². The minimum atomic E-state index is -0.365. The molecule has 1 aliphatic rings. The number of imide groups is 1. The van der Waals surface area contributed by atoms with Crippen molar-refractivity contribution in [1.82, 2.24) is 15.3 Å². The second-order valence-corrected chi connectivity index (χ2v) is 4.53. The van der Waals surface area contributed by atoms with Crippen molar-refractivity contribution in [3.8, 4) is 0 Å². The van der Waals surface area contributed by atoms with Crippen LogP contribution in [0.3, 0.4) is 0 Å². The third-order valence-electron chi connectivity index (χ3n) is 3.35. The average molecular weight is 256 g/mol. The number of aromatic nitrogens is 2. The van der Waals surface area contributed by atoms with Crippen LogP contribution in [-0.2, 0) is 9.59 Å². The van der Waals surface area contributed by atoms with E-state index in [1.54, 1.807) is 18.3 Å². The summed E-state index contributed by atoms with van der Waals surface area (Å²) >= 11 is 0. The van der Waals surface area contributed by atoms with E-state index >= 15 is 0 Å². The number of carbonyl (C=O) groups is 2. The van der Waals surface area contributed by atoms with Crippen LogP contribution in [-0.4, -0.2) is 21.8 Å². The van der Waals surface area contributed by atoms with Gasteiger partial charge in [-0.3, -0.25) is 14.9 Å². The smallest absolute Gasteiger partial charge is 0.234 e. The molecular formula is C13H12N4O2. The molecule has 0 radical (unpaired) electrons. The standard InChI is InChI=1S/C13H12N4O2/c14-10-3-1-7(12-9(10)5-15-6-16-12)8-2-4-11(18)17-13(8)19/h1,3,5-6,8H,2,4,14H2,(H,17,18,19). The Bertz CT molecular complexity index is 683. The molecule has 1 saturated heterocycles. The Balaban J connectivity index is 2.13. The van der Waals surface area contributed by atoms with Crippen LogP contribution in [0, 0.1) is 0 Å². The molecule has 6 heteroatoms. The van der Waals surface area contributed by atoms with E-state index in [1.807, 2.05) is 0 Å². The zero-order chi connectivity index (χ0) is 13.4. The van der Waals surface area contributed by atoms with Crippen LogP contribution in [0.15, 0.2) is 24.7 Å². The van der Waals surface area contributed by atoms with E-state index in [2.05, 4.69) is 15.3 Å². The van der Waals surface area contributed by atoms with Gasteiger partial charge < -0.3 is 5.73 Å². The van der Waals surface area contributed by atoms with Gasteiger partial charge in [0.15, 0.2) is 0 Å². The maximum Gasteiger partial charge on any atom is 0.234 e. The molecule has 3 rings (SSSR count). The van der Waals surface area contributed by atoms with Crippen LogP contribution in [0.25, 0.3) is 10.9 Å². The maximum atomic E-state index is 11.9. The Morgan fingerprint density at radius 2 is 2.16 bits per heavy atom. The third kappa shape index (κ3) is 1.91. The number of anilines is 1. The van der Waals surface area contributed by atoms with Gasteiger partial charge >= 0.3 is 0 Å². The van der Waals surface area contributed by atoms with Gasteiger partial charge in [0.2, 0.25) is 11.8 Å². The van der Waals surface area contributed by atoms with E-state index in [9.17, 15) is 9.59 Å². The number of piperidine rings is 1. The molecule has 19 heavy (non-hydrogen) atoms. The summed E-state index contributed by atoms with van der Waals surface area (Å²) in [4.78, 5) is 31.3. The van der Waals surface area contributed by atoms with E-state index in [-0.39, 0.29) is 17.7 Å². The molecule has 1 aromatic carbocycles. The quantitative estimate of drug-likeness (QED) is 0.579. The molecular weight excluding hydrogens is 244 g/mol. The van der Waals surface area contributed by atoms with Crippen LogP contribution >= 0.6 is 0 Å². The predicted molar refractivity (Wildman–Crippen MR) is 69.1 cm³/mol. The zero-order valence-corrected chi connectivity index (χ0v) is 10.1. The van der Waals surface area contributed by atoms with Gasteiger partial charge in [-0.25, -0.2) is 9.97 Å². The summed E-state index contributed by atoms with van der Waals surface area (Å²) in [6, 6.07) is 3.54. The van der Waals surface area contributed by atoms with E-state index in [4.69, 9.17) is 5.73 Å². The van der Waals surface area contributed by atoms with Crippen molar-refractivity contribution >= 4 is 28.4 Å². The highest BCUT2D eigenvalue weighted by molar-refractivity contribution is 6.03.